The molecule has 0 bridgehead atoms. The summed E-state index contributed by atoms with van der Waals surface area (Å²) in [5, 5.41) is 0. The molecule has 0 spiro atoms. The van der Waals surface area contributed by atoms with Crippen LogP contribution >= 0.6 is 15.9 Å². The highest BCUT2D eigenvalue weighted by atomic mass is 79.9. The average molecular weight is 196 g/mol. The van der Waals surface area contributed by atoms with Crippen molar-refractivity contribution in [2.24, 2.45) is 0 Å². The van der Waals surface area contributed by atoms with Crippen molar-refractivity contribution < 1.29 is 0 Å². The molecule has 1 nitrogen and oxygen atoms in total. The van der Waals surface area contributed by atoms with Gasteiger partial charge in [0.1, 0.15) is 0 Å². The first-order valence-electron chi connectivity index (χ1n) is 2.80. The Hall–Kier alpha value is -0.850. The van der Waals surface area contributed by atoms with Gasteiger partial charge in [-0.15, -0.1) is 5.73 Å². The summed E-state index contributed by atoms with van der Waals surface area (Å²) in [4.78, 5) is 4.06. The van der Waals surface area contributed by atoms with Gasteiger partial charge in [0.05, 0.1) is 5.69 Å². The lowest BCUT2D eigenvalue weighted by Gasteiger charge is -1.89. The Kier molecular flexibility index (Phi) is 2.43. The highest BCUT2D eigenvalue weighted by Crippen LogP contribution is 2.07. The number of pyridine rings is 1. The van der Waals surface area contributed by atoms with Crippen LogP contribution in [0.1, 0.15) is 5.69 Å². The van der Waals surface area contributed by atoms with Crippen LogP contribution in [-0.4, -0.2) is 4.98 Å². The molecule has 1 heterocycles. The summed E-state index contributed by atoms with van der Waals surface area (Å²) in [6.45, 7) is 3.45. The van der Waals surface area contributed by atoms with Gasteiger partial charge in [-0.25, -0.2) is 0 Å². The summed E-state index contributed by atoms with van der Waals surface area (Å²) in [7, 11) is 0. The van der Waals surface area contributed by atoms with Gasteiger partial charge >= 0.3 is 0 Å². The first-order chi connectivity index (χ1) is 4.83. The van der Waals surface area contributed by atoms with E-state index in [-0.39, 0.29) is 0 Å². The number of hydrogen-bond donors (Lipinski definition) is 0. The zero-order valence-electron chi connectivity index (χ0n) is 5.34. The fraction of sp³-hybridized carbons (Fsp3) is 0. The first-order valence-corrected chi connectivity index (χ1v) is 3.59. The van der Waals surface area contributed by atoms with Crippen LogP contribution in [0.4, 0.5) is 0 Å². The summed E-state index contributed by atoms with van der Waals surface area (Å²) in [6, 6.07) is 3.82. The van der Waals surface area contributed by atoms with E-state index >= 15 is 0 Å². The number of halogens is 1. The van der Waals surface area contributed by atoms with Crippen molar-refractivity contribution in [2.45, 2.75) is 0 Å². The van der Waals surface area contributed by atoms with Crippen LogP contribution in [0.2, 0.25) is 0 Å². The predicted molar refractivity (Wildman–Crippen MR) is 45.5 cm³/mol. The molecule has 0 fully saturated rings. The predicted octanol–water partition coefficient (Wildman–Crippen LogP) is 2.64. The van der Waals surface area contributed by atoms with Gasteiger partial charge in [-0.1, -0.05) is 6.58 Å². The third-order valence-electron chi connectivity index (χ3n) is 1.00. The minimum atomic E-state index is 0.873. The normalized spacial score (nSPS) is 8.50. The molecule has 0 aliphatic carbocycles. The zero-order chi connectivity index (χ0) is 7.40. The molecular weight excluding hydrogens is 190 g/mol. The second kappa shape index (κ2) is 3.35. The topological polar surface area (TPSA) is 12.9 Å². The van der Waals surface area contributed by atoms with E-state index in [0.29, 0.717) is 0 Å². The Bertz CT molecular complexity index is 257. The summed E-state index contributed by atoms with van der Waals surface area (Å²) in [5.41, 5.74) is 3.52. The van der Waals surface area contributed by atoms with E-state index in [1.807, 2.05) is 12.1 Å². The van der Waals surface area contributed by atoms with Crippen LogP contribution in [-0.2, 0) is 0 Å². The van der Waals surface area contributed by atoms with Crippen molar-refractivity contribution in [1.29, 1.82) is 0 Å². The molecule has 1 aromatic heterocycles. The van der Waals surface area contributed by atoms with Gasteiger partial charge < -0.3 is 0 Å². The van der Waals surface area contributed by atoms with E-state index in [1.165, 1.54) is 0 Å². The first kappa shape index (κ1) is 7.26. The zero-order valence-corrected chi connectivity index (χ0v) is 6.93. The lowest BCUT2D eigenvalue weighted by atomic mass is 10.3. The lowest BCUT2D eigenvalue weighted by Crippen LogP contribution is -1.76. The largest absolute Gasteiger partial charge is 0.255 e. The smallest absolute Gasteiger partial charge is 0.0707 e. The minimum absolute atomic E-state index is 0.873. The summed E-state index contributed by atoms with van der Waals surface area (Å²) in [5.74, 6) is 0. The monoisotopic (exact) mass is 195 g/mol. The van der Waals surface area contributed by atoms with Gasteiger partial charge in [-0.05, 0) is 28.1 Å². The summed E-state index contributed by atoms with van der Waals surface area (Å²) >= 11 is 3.28. The van der Waals surface area contributed by atoms with E-state index in [4.69, 9.17) is 0 Å². The van der Waals surface area contributed by atoms with Gasteiger partial charge in [0, 0.05) is 16.7 Å². The minimum Gasteiger partial charge on any atom is -0.255 e. The molecule has 0 aromatic carbocycles. The van der Waals surface area contributed by atoms with Gasteiger partial charge in [-0.3, -0.25) is 4.98 Å². The standard InChI is InChI=1S/C8H6BrN/c1-2-3-8-5-4-7(9)6-10-8/h3-6H,1H2. The van der Waals surface area contributed by atoms with Crippen molar-refractivity contribution in [2.75, 3.05) is 0 Å². The molecule has 0 saturated carbocycles. The maximum absolute atomic E-state index is 4.06. The Morgan fingerprint density at radius 3 is 2.90 bits per heavy atom. The number of nitrogens with zero attached hydrogens (tertiary/aromatic N) is 1. The average Bonchev–Trinajstić information content (AvgIpc) is 1.95. The van der Waals surface area contributed by atoms with E-state index < -0.39 is 0 Å². The Morgan fingerprint density at radius 2 is 2.40 bits per heavy atom. The second-order valence-electron chi connectivity index (χ2n) is 1.75. The third kappa shape index (κ3) is 1.83. The summed E-state index contributed by atoms with van der Waals surface area (Å²) in [6.07, 6.45) is 3.47. The molecule has 0 saturated heterocycles. The number of rotatable bonds is 1. The van der Waals surface area contributed by atoms with Crippen LogP contribution in [0, 0.1) is 0 Å². The van der Waals surface area contributed by atoms with Crippen molar-refractivity contribution in [3.05, 3.63) is 40.8 Å². The lowest BCUT2D eigenvalue weighted by molar-refractivity contribution is 1.28. The van der Waals surface area contributed by atoms with Crippen molar-refractivity contribution >= 4 is 22.0 Å². The van der Waals surface area contributed by atoms with Gasteiger partial charge in [0.25, 0.3) is 0 Å². The Balaban J connectivity index is 3.00. The van der Waals surface area contributed by atoms with E-state index in [2.05, 4.69) is 33.2 Å². The molecule has 0 unspecified atom stereocenters. The van der Waals surface area contributed by atoms with Crippen molar-refractivity contribution in [1.82, 2.24) is 4.98 Å². The van der Waals surface area contributed by atoms with Gasteiger partial charge in [0.15, 0.2) is 0 Å². The van der Waals surface area contributed by atoms with Crippen molar-refractivity contribution in [3.8, 4) is 0 Å². The maximum atomic E-state index is 4.06. The molecule has 2 heteroatoms. The van der Waals surface area contributed by atoms with Crippen LogP contribution < -0.4 is 0 Å². The molecule has 1 rings (SSSR count). The molecule has 0 atom stereocenters. The molecule has 0 aliphatic rings. The van der Waals surface area contributed by atoms with Crippen LogP contribution in [0.15, 0.2) is 35.1 Å². The Labute approximate surface area is 68.2 Å². The Morgan fingerprint density at radius 1 is 1.60 bits per heavy atom. The quantitative estimate of drug-likeness (QED) is 0.629. The molecule has 10 heavy (non-hydrogen) atoms. The van der Waals surface area contributed by atoms with Gasteiger partial charge in [-0.2, -0.15) is 0 Å². The van der Waals surface area contributed by atoms with E-state index in [9.17, 15) is 0 Å². The molecule has 0 aliphatic heterocycles. The number of aromatic nitrogens is 1. The number of hydrogen-bond acceptors (Lipinski definition) is 1. The van der Waals surface area contributed by atoms with E-state index in [0.717, 1.165) is 10.2 Å². The fourth-order valence-electron chi connectivity index (χ4n) is 0.577. The van der Waals surface area contributed by atoms with Crippen LogP contribution in [0.25, 0.3) is 6.08 Å². The molecule has 0 amide bonds. The third-order valence-corrected chi connectivity index (χ3v) is 1.47. The summed E-state index contributed by atoms with van der Waals surface area (Å²) < 4.78 is 0.980. The molecule has 1 aromatic rings. The van der Waals surface area contributed by atoms with E-state index in [1.54, 1.807) is 12.3 Å². The highest BCUT2D eigenvalue weighted by Gasteiger charge is 1.86. The SMILES string of the molecule is C=C=Cc1ccc(Br)cn1. The second-order valence-corrected chi connectivity index (χ2v) is 2.67. The maximum Gasteiger partial charge on any atom is 0.0707 e. The molecule has 50 valence electrons. The molecule has 0 radical (unpaired) electrons. The van der Waals surface area contributed by atoms with Crippen molar-refractivity contribution in [3.63, 3.8) is 0 Å². The fourth-order valence-corrected chi connectivity index (χ4v) is 0.812. The highest BCUT2D eigenvalue weighted by molar-refractivity contribution is 9.10. The van der Waals surface area contributed by atoms with Crippen LogP contribution in [0.3, 0.4) is 0 Å². The van der Waals surface area contributed by atoms with Crippen LogP contribution in [0.5, 0.6) is 0 Å². The molecule has 0 N–H and O–H groups in total. The molecular formula is C8H6BrN. The van der Waals surface area contributed by atoms with Gasteiger partial charge in [0.2, 0.25) is 0 Å².